The van der Waals surface area contributed by atoms with Gasteiger partial charge in [0.2, 0.25) is 5.28 Å². The van der Waals surface area contributed by atoms with Crippen LogP contribution in [0.25, 0.3) is 10.9 Å². The highest BCUT2D eigenvalue weighted by Gasteiger charge is 2.18. The van der Waals surface area contributed by atoms with E-state index in [1.54, 1.807) is 0 Å². The fourth-order valence-electron chi connectivity index (χ4n) is 5.01. The average molecular weight is 544 g/mol. The molecule has 204 valence electrons. The summed E-state index contributed by atoms with van der Waals surface area (Å²) < 4.78 is 6.08. The van der Waals surface area contributed by atoms with Crippen molar-refractivity contribution in [3.63, 3.8) is 0 Å². The molecule has 0 spiro atoms. The first-order valence-electron chi connectivity index (χ1n) is 13.7. The molecule has 4 aromatic rings. The quantitative estimate of drug-likeness (QED) is 0.235. The molecule has 0 unspecified atom stereocenters. The number of nitrogens with zero attached hydrogens (tertiary/aromatic N) is 5. The number of piperazine rings is 1. The molecule has 0 amide bonds. The van der Waals surface area contributed by atoms with Crippen LogP contribution in [-0.2, 0) is 12.0 Å². The Morgan fingerprint density at radius 2 is 1.51 bits per heavy atom. The maximum atomic E-state index is 6.19. The maximum Gasteiger partial charge on any atom is 0.224 e. The van der Waals surface area contributed by atoms with Gasteiger partial charge in [-0.25, -0.2) is 4.98 Å². The van der Waals surface area contributed by atoms with E-state index in [-0.39, 0.29) is 10.7 Å². The van der Waals surface area contributed by atoms with Crippen LogP contribution >= 0.6 is 11.6 Å². The van der Waals surface area contributed by atoms with Crippen LogP contribution in [-0.4, -0.2) is 66.1 Å². The monoisotopic (exact) mass is 543 g/mol. The van der Waals surface area contributed by atoms with Crippen molar-refractivity contribution in [1.29, 1.82) is 0 Å². The van der Waals surface area contributed by atoms with Gasteiger partial charge in [-0.1, -0.05) is 57.2 Å². The Labute approximate surface area is 237 Å². The highest BCUT2D eigenvalue weighted by Crippen LogP contribution is 2.30. The van der Waals surface area contributed by atoms with E-state index < -0.39 is 0 Å². The topological polar surface area (TPSA) is 44.7 Å². The molecule has 0 radical (unpaired) electrons. The third kappa shape index (κ3) is 6.88. The van der Waals surface area contributed by atoms with Crippen LogP contribution in [0.1, 0.15) is 31.9 Å². The van der Waals surface area contributed by atoms with Gasteiger partial charge in [0.25, 0.3) is 0 Å². The van der Waals surface area contributed by atoms with E-state index in [4.69, 9.17) is 16.3 Å². The predicted octanol–water partition coefficient (Wildman–Crippen LogP) is 6.55. The van der Waals surface area contributed by atoms with Crippen molar-refractivity contribution in [2.75, 3.05) is 51.3 Å². The number of rotatable bonds is 8. The number of benzene rings is 3. The molecule has 5 rings (SSSR count). The summed E-state index contributed by atoms with van der Waals surface area (Å²) in [4.78, 5) is 15.9. The molecule has 7 heteroatoms. The number of anilines is 2. The molecule has 39 heavy (non-hydrogen) atoms. The van der Waals surface area contributed by atoms with Gasteiger partial charge in [0.15, 0.2) is 0 Å². The van der Waals surface area contributed by atoms with Crippen LogP contribution < -0.4 is 9.64 Å². The number of halogens is 1. The van der Waals surface area contributed by atoms with Crippen molar-refractivity contribution in [3.8, 4) is 5.75 Å². The third-order valence-electron chi connectivity index (χ3n) is 7.46. The standard InChI is InChI=1S/C32H38ClN5O/c1-32(2,3)25-11-9-24(10-12-25)23-38-19-17-37(18-20-38)21-22-39-27-15-13-26(14-16-27)36(4)30-28-7-5-6-8-29(28)34-31(33)35-30/h5-16H,17-23H2,1-4H3. The van der Waals surface area contributed by atoms with Crippen molar-refractivity contribution in [2.24, 2.45) is 0 Å². The molecule has 0 aliphatic carbocycles. The van der Waals surface area contributed by atoms with Gasteiger partial charge in [0.05, 0.1) is 5.52 Å². The van der Waals surface area contributed by atoms with Gasteiger partial charge in [-0.15, -0.1) is 0 Å². The zero-order valence-electron chi connectivity index (χ0n) is 23.4. The lowest BCUT2D eigenvalue weighted by atomic mass is 9.87. The van der Waals surface area contributed by atoms with Gasteiger partial charge in [-0.3, -0.25) is 9.80 Å². The van der Waals surface area contributed by atoms with Crippen molar-refractivity contribution in [2.45, 2.75) is 32.7 Å². The molecular weight excluding hydrogens is 506 g/mol. The largest absolute Gasteiger partial charge is 0.492 e. The molecule has 1 aliphatic rings. The summed E-state index contributed by atoms with van der Waals surface area (Å²) in [5, 5.41) is 1.20. The van der Waals surface area contributed by atoms with E-state index in [1.165, 1.54) is 11.1 Å². The third-order valence-corrected chi connectivity index (χ3v) is 7.63. The molecule has 0 bridgehead atoms. The molecular formula is C32H38ClN5O. The minimum absolute atomic E-state index is 0.201. The Kier molecular flexibility index (Phi) is 8.36. The molecule has 1 aliphatic heterocycles. The first-order chi connectivity index (χ1) is 18.8. The molecule has 1 saturated heterocycles. The summed E-state index contributed by atoms with van der Waals surface area (Å²) in [5.41, 5.74) is 4.82. The summed E-state index contributed by atoms with van der Waals surface area (Å²) in [7, 11) is 1.99. The average Bonchev–Trinajstić information content (AvgIpc) is 2.93. The number of hydrogen-bond donors (Lipinski definition) is 0. The highest BCUT2D eigenvalue weighted by atomic mass is 35.5. The van der Waals surface area contributed by atoms with E-state index >= 15 is 0 Å². The van der Waals surface area contributed by atoms with Crippen LogP contribution in [0.15, 0.2) is 72.8 Å². The molecule has 6 nitrogen and oxygen atoms in total. The van der Waals surface area contributed by atoms with Crippen LogP contribution in [0.4, 0.5) is 11.5 Å². The summed E-state index contributed by atoms with van der Waals surface area (Å²) in [6.07, 6.45) is 0. The second kappa shape index (κ2) is 11.9. The Morgan fingerprint density at radius 3 is 2.21 bits per heavy atom. The van der Waals surface area contributed by atoms with Gasteiger partial charge in [-0.2, -0.15) is 4.98 Å². The second-order valence-corrected chi connectivity index (χ2v) is 11.6. The Hall–Kier alpha value is -3.19. The van der Waals surface area contributed by atoms with Crippen molar-refractivity contribution < 1.29 is 4.74 Å². The van der Waals surface area contributed by atoms with E-state index in [0.717, 1.165) is 67.4 Å². The Balaban J connectivity index is 1.08. The first-order valence-corrected chi connectivity index (χ1v) is 14.1. The highest BCUT2D eigenvalue weighted by molar-refractivity contribution is 6.28. The SMILES string of the molecule is CN(c1ccc(OCCN2CCN(Cc3ccc(C(C)(C)C)cc3)CC2)cc1)c1nc(Cl)nc2ccccc12. The maximum absolute atomic E-state index is 6.19. The zero-order valence-corrected chi connectivity index (χ0v) is 24.2. The van der Waals surface area contributed by atoms with E-state index in [2.05, 4.69) is 64.8 Å². The number of hydrogen-bond acceptors (Lipinski definition) is 6. The van der Waals surface area contributed by atoms with Crippen LogP contribution in [0.2, 0.25) is 5.28 Å². The molecule has 1 aromatic heterocycles. The first kappa shape index (κ1) is 27.4. The smallest absolute Gasteiger partial charge is 0.224 e. The Morgan fingerprint density at radius 1 is 0.846 bits per heavy atom. The lowest BCUT2D eigenvalue weighted by molar-refractivity contribution is 0.112. The second-order valence-electron chi connectivity index (χ2n) is 11.3. The van der Waals surface area contributed by atoms with Crippen molar-refractivity contribution in [1.82, 2.24) is 19.8 Å². The lowest BCUT2D eigenvalue weighted by Crippen LogP contribution is -2.47. The van der Waals surface area contributed by atoms with Gasteiger partial charge in [0.1, 0.15) is 18.2 Å². The zero-order chi connectivity index (χ0) is 27.4. The van der Waals surface area contributed by atoms with Crippen LogP contribution in [0, 0.1) is 0 Å². The Bertz CT molecular complexity index is 1380. The fourth-order valence-corrected chi connectivity index (χ4v) is 5.18. The molecule has 2 heterocycles. The van der Waals surface area contributed by atoms with Crippen molar-refractivity contribution in [3.05, 3.63) is 89.2 Å². The van der Waals surface area contributed by atoms with E-state index in [9.17, 15) is 0 Å². The molecule has 0 atom stereocenters. The number of para-hydroxylation sites is 1. The van der Waals surface area contributed by atoms with Gasteiger partial charge in [-0.05, 0) is 64.5 Å². The summed E-state index contributed by atoms with van der Waals surface area (Å²) in [5.74, 6) is 1.65. The molecule has 1 fully saturated rings. The van der Waals surface area contributed by atoms with Gasteiger partial charge < -0.3 is 9.64 Å². The molecule has 3 aromatic carbocycles. The van der Waals surface area contributed by atoms with Gasteiger partial charge in [0, 0.05) is 57.4 Å². The lowest BCUT2D eigenvalue weighted by Gasteiger charge is -2.34. The normalized spacial score (nSPS) is 15.0. The van der Waals surface area contributed by atoms with Crippen molar-refractivity contribution >= 4 is 34.0 Å². The predicted molar refractivity (Wildman–Crippen MR) is 161 cm³/mol. The fraction of sp³-hybridized carbons (Fsp3) is 0.375. The van der Waals surface area contributed by atoms with Gasteiger partial charge >= 0.3 is 0 Å². The minimum Gasteiger partial charge on any atom is -0.492 e. The number of ether oxygens (including phenoxy) is 1. The van der Waals surface area contributed by atoms with E-state index in [1.807, 2.05) is 60.5 Å². The summed E-state index contributed by atoms with van der Waals surface area (Å²) >= 11 is 6.19. The van der Waals surface area contributed by atoms with E-state index in [0.29, 0.717) is 6.61 Å². The number of aromatic nitrogens is 2. The van der Waals surface area contributed by atoms with Crippen LogP contribution in [0.3, 0.4) is 0 Å². The molecule has 0 saturated carbocycles. The minimum atomic E-state index is 0.201. The number of fused-ring (bicyclic) bond motifs is 1. The summed E-state index contributed by atoms with van der Waals surface area (Å²) in [6, 6.07) is 25.2. The van der Waals surface area contributed by atoms with Crippen LogP contribution in [0.5, 0.6) is 5.75 Å². The molecule has 0 N–H and O–H groups in total. The summed E-state index contributed by atoms with van der Waals surface area (Å²) in [6.45, 7) is 13.7.